The van der Waals surface area contributed by atoms with E-state index < -0.39 is 0 Å². The van der Waals surface area contributed by atoms with E-state index in [1.54, 1.807) is 24.3 Å². The Morgan fingerprint density at radius 1 is 1.19 bits per heavy atom. The molecule has 0 unspecified atom stereocenters. The van der Waals surface area contributed by atoms with Crippen LogP contribution < -0.4 is 5.32 Å². The standard InChI is InChI=1S/C19H15N3O3S/c20-10-14-11-6-3-7-15(11)26-17(14)21-16(23)8-9-22-18(24)12-4-1-2-5-13(12)19(22)25/h1-2,4-5H,3,6-9H2,(H,21,23). The summed E-state index contributed by atoms with van der Waals surface area (Å²) in [6, 6.07) is 8.82. The van der Waals surface area contributed by atoms with Gasteiger partial charge in [-0.05, 0) is 37.0 Å². The van der Waals surface area contributed by atoms with Crippen LogP contribution in [0.4, 0.5) is 5.00 Å². The van der Waals surface area contributed by atoms with Gasteiger partial charge in [0, 0.05) is 17.8 Å². The van der Waals surface area contributed by atoms with Crippen LogP contribution in [0.1, 0.15) is 49.6 Å². The number of hydrogen-bond donors (Lipinski definition) is 1. The molecule has 1 aromatic heterocycles. The molecule has 2 aromatic rings. The van der Waals surface area contributed by atoms with Crippen LogP contribution in [-0.4, -0.2) is 29.2 Å². The van der Waals surface area contributed by atoms with Gasteiger partial charge in [0.05, 0.1) is 16.7 Å². The zero-order valence-corrected chi connectivity index (χ0v) is 14.7. The number of hydrogen-bond acceptors (Lipinski definition) is 5. The van der Waals surface area contributed by atoms with Crippen molar-refractivity contribution in [1.82, 2.24) is 4.90 Å². The van der Waals surface area contributed by atoms with Gasteiger partial charge in [0.2, 0.25) is 5.91 Å². The first-order valence-electron chi connectivity index (χ1n) is 8.40. The van der Waals surface area contributed by atoms with Crippen molar-refractivity contribution in [2.24, 2.45) is 0 Å². The normalized spacial score (nSPS) is 15.0. The molecule has 0 atom stereocenters. The molecule has 4 rings (SSSR count). The molecule has 2 aliphatic rings. The van der Waals surface area contributed by atoms with E-state index in [4.69, 9.17) is 0 Å². The van der Waals surface area contributed by atoms with Gasteiger partial charge in [0.1, 0.15) is 11.1 Å². The van der Waals surface area contributed by atoms with Gasteiger partial charge >= 0.3 is 0 Å². The number of nitrogens with zero attached hydrogens (tertiary/aromatic N) is 2. The number of fused-ring (bicyclic) bond motifs is 2. The molecule has 3 amide bonds. The van der Waals surface area contributed by atoms with Gasteiger partial charge in [0.25, 0.3) is 11.8 Å². The Morgan fingerprint density at radius 2 is 1.88 bits per heavy atom. The smallest absolute Gasteiger partial charge is 0.261 e. The minimum Gasteiger partial charge on any atom is -0.317 e. The maximum absolute atomic E-state index is 12.3. The monoisotopic (exact) mass is 365 g/mol. The van der Waals surface area contributed by atoms with Crippen LogP contribution in [-0.2, 0) is 17.6 Å². The molecule has 7 heteroatoms. The summed E-state index contributed by atoms with van der Waals surface area (Å²) in [5.41, 5.74) is 2.35. The molecule has 0 saturated heterocycles. The molecule has 0 saturated carbocycles. The summed E-state index contributed by atoms with van der Waals surface area (Å²) in [5, 5.41) is 12.7. The zero-order valence-electron chi connectivity index (χ0n) is 13.9. The first-order chi connectivity index (χ1) is 12.6. The second-order valence-corrected chi connectivity index (χ2v) is 7.38. The molecule has 1 N–H and O–H groups in total. The number of nitriles is 1. The topological polar surface area (TPSA) is 90.3 Å². The summed E-state index contributed by atoms with van der Waals surface area (Å²) in [6.45, 7) is 0.0190. The fourth-order valence-corrected chi connectivity index (χ4v) is 4.71. The maximum atomic E-state index is 12.3. The summed E-state index contributed by atoms with van der Waals surface area (Å²) < 4.78 is 0. The fraction of sp³-hybridized carbons (Fsp3) is 0.263. The fourth-order valence-electron chi connectivity index (χ4n) is 3.46. The first kappa shape index (κ1) is 16.5. The largest absolute Gasteiger partial charge is 0.317 e. The van der Waals surface area contributed by atoms with Gasteiger partial charge in [-0.1, -0.05) is 12.1 Å². The SMILES string of the molecule is N#Cc1c(NC(=O)CCN2C(=O)c3ccccc3C2=O)sc2c1CCC2. The number of rotatable bonds is 4. The van der Waals surface area contributed by atoms with Crippen LogP contribution in [0.5, 0.6) is 0 Å². The third-order valence-corrected chi connectivity index (χ3v) is 5.93. The Balaban J connectivity index is 1.42. The summed E-state index contributed by atoms with van der Waals surface area (Å²) in [7, 11) is 0. The highest BCUT2D eigenvalue weighted by atomic mass is 32.1. The second-order valence-electron chi connectivity index (χ2n) is 6.28. The molecule has 1 aliphatic heterocycles. The van der Waals surface area contributed by atoms with Gasteiger partial charge in [-0.3, -0.25) is 19.3 Å². The quantitative estimate of drug-likeness (QED) is 0.844. The molecular weight excluding hydrogens is 350 g/mol. The van der Waals surface area contributed by atoms with Crippen molar-refractivity contribution in [3.8, 4) is 6.07 Å². The van der Waals surface area contributed by atoms with Crippen molar-refractivity contribution in [2.75, 3.05) is 11.9 Å². The van der Waals surface area contributed by atoms with E-state index >= 15 is 0 Å². The van der Waals surface area contributed by atoms with E-state index in [-0.39, 0.29) is 30.7 Å². The number of thiophene rings is 1. The summed E-state index contributed by atoms with van der Waals surface area (Å²) in [4.78, 5) is 39.2. The Morgan fingerprint density at radius 3 is 2.54 bits per heavy atom. The predicted octanol–water partition coefficient (Wildman–Crippen LogP) is 2.73. The number of aryl methyl sites for hydroxylation is 1. The zero-order chi connectivity index (χ0) is 18.3. The number of anilines is 1. The van der Waals surface area contributed by atoms with Crippen LogP contribution in [0.3, 0.4) is 0 Å². The molecule has 26 heavy (non-hydrogen) atoms. The molecule has 0 radical (unpaired) electrons. The van der Waals surface area contributed by atoms with Crippen molar-refractivity contribution < 1.29 is 14.4 Å². The summed E-state index contributed by atoms with van der Waals surface area (Å²) in [5.74, 6) is -1.05. The molecule has 0 spiro atoms. The molecular formula is C19H15N3O3S. The van der Waals surface area contributed by atoms with E-state index in [9.17, 15) is 19.6 Å². The number of carbonyl (C=O) groups is 3. The van der Waals surface area contributed by atoms with Gasteiger partial charge < -0.3 is 5.32 Å². The van der Waals surface area contributed by atoms with Gasteiger partial charge in [-0.2, -0.15) is 5.26 Å². The Bertz CT molecular complexity index is 951. The minimum absolute atomic E-state index is 0.00109. The molecule has 1 aliphatic carbocycles. The summed E-state index contributed by atoms with van der Waals surface area (Å²) in [6.07, 6.45) is 2.86. The van der Waals surface area contributed by atoms with Crippen molar-refractivity contribution in [3.05, 3.63) is 51.4 Å². The van der Waals surface area contributed by atoms with Crippen LogP contribution >= 0.6 is 11.3 Å². The van der Waals surface area contributed by atoms with Crippen molar-refractivity contribution in [2.45, 2.75) is 25.7 Å². The average molecular weight is 365 g/mol. The van der Waals surface area contributed by atoms with E-state index in [1.807, 2.05) is 0 Å². The molecule has 2 heterocycles. The summed E-state index contributed by atoms with van der Waals surface area (Å²) >= 11 is 1.45. The lowest BCUT2D eigenvalue weighted by atomic mass is 10.1. The maximum Gasteiger partial charge on any atom is 0.261 e. The molecule has 0 fully saturated rings. The van der Waals surface area contributed by atoms with Gasteiger partial charge in [0.15, 0.2) is 0 Å². The highest BCUT2D eigenvalue weighted by Crippen LogP contribution is 2.38. The average Bonchev–Trinajstić information content (AvgIpc) is 3.27. The van der Waals surface area contributed by atoms with E-state index in [2.05, 4.69) is 11.4 Å². The van der Waals surface area contributed by atoms with Crippen LogP contribution in [0.15, 0.2) is 24.3 Å². The minimum atomic E-state index is -0.369. The number of imide groups is 1. The Kier molecular flexibility index (Phi) is 4.05. The van der Waals surface area contributed by atoms with Crippen LogP contribution in [0, 0.1) is 11.3 Å². The second kappa shape index (κ2) is 6.39. The van der Waals surface area contributed by atoms with Crippen molar-refractivity contribution in [1.29, 1.82) is 5.26 Å². The predicted molar refractivity (Wildman–Crippen MR) is 96.1 cm³/mol. The molecule has 6 nitrogen and oxygen atoms in total. The van der Waals surface area contributed by atoms with Crippen LogP contribution in [0.2, 0.25) is 0 Å². The highest BCUT2D eigenvalue weighted by molar-refractivity contribution is 7.16. The Hall–Kier alpha value is -2.98. The van der Waals surface area contributed by atoms with Gasteiger partial charge in [-0.25, -0.2) is 0 Å². The number of carbonyl (C=O) groups excluding carboxylic acids is 3. The van der Waals surface area contributed by atoms with Crippen molar-refractivity contribution in [3.63, 3.8) is 0 Å². The lowest BCUT2D eigenvalue weighted by Crippen LogP contribution is -2.32. The Labute approximate surface area is 154 Å². The van der Waals surface area contributed by atoms with E-state index in [0.717, 1.165) is 34.6 Å². The van der Waals surface area contributed by atoms with E-state index in [1.165, 1.54) is 11.3 Å². The van der Waals surface area contributed by atoms with Crippen LogP contribution in [0.25, 0.3) is 0 Å². The third-order valence-electron chi connectivity index (χ3n) is 4.73. The molecule has 0 bridgehead atoms. The molecule has 130 valence electrons. The highest BCUT2D eigenvalue weighted by Gasteiger charge is 2.35. The third kappa shape index (κ3) is 2.59. The first-order valence-corrected chi connectivity index (χ1v) is 9.21. The lowest BCUT2D eigenvalue weighted by molar-refractivity contribution is -0.116. The number of benzene rings is 1. The van der Waals surface area contributed by atoms with E-state index in [0.29, 0.717) is 21.7 Å². The van der Waals surface area contributed by atoms with Gasteiger partial charge in [-0.15, -0.1) is 11.3 Å². The number of amides is 3. The molecule has 1 aromatic carbocycles. The number of nitrogens with one attached hydrogen (secondary N) is 1. The lowest BCUT2D eigenvalue weighted by Gasteiger charge is -2.13. The van der Waals surface area contributed by atoms with Crippen molar-refractivity contribution >= 4 is 34.1 Å².